The van der Waals surface area contributed by atoms with E-state index in [4.69, 9.17) is 0 Å². The number of nitro groups is 1. The van der Waals surface area contributed by atoms with E-state index in [9.17, 15) is 19.3 Å². The molecular weight excluding hydrogens is 361 g/mol. The number of imidazole rings is 1. The Hall–Kier alpha value is -3.01. The van der Waals surface area contributed by atoms with Crippen LogP contribution in [0.4, 0.5) is 16.0 Å². The topological polar surface area (TPSA) is 92.8 Å². The van der Waals surface area contributed by atoms with Crippen molar-refractivity contribution in [3.63, 3.8) is 0 Å². The Labute approximate surface area is 151 Å². The van der Waals surface area contributed by atoms with Gasteiger partial charge in [-0.25, -0.2) is 4.39 Å². The van der Waals surface area contributed by atoms with Crippen molar-refractivity contribution in [3.8, 4) is 0 Å². The highest BCUT2D eigenvalue weighted by atomic mass is 32.1. The fraction of sp³-hybridized carbons (Fsp3) is 0.250. The molecule has 1 N–H and O–H groups in total. The van der Waals surface area contributed by atoms with E-state index < -0.39 is 11.0 Å². The summed E-state index contributed by atoms with van der Waals surface area (Å²) in [5, 5.41) is 16.0. The summed E-state index contributed by atoms with van der Waals surface area (Å²) in [6, 6.07) is 5.41. The van der Waals surface area contributed by atoms with E-state index >= 15 is 0 Å². The van der Waals surface area contributed by atoms with Crippen molar-refractivity contribution in [3.05, 3.63) is 57.3 Å². The number of carbonyl (C=O) groups excluding carboxylic acids is 1. The predicted octanol–water partition coefficient (Wildman–Crippen LogP) is 2.66. The lowest BCUT2D eigenvalue weighted by atomic mass is 10.2. The first-order chi connectivity index (χ1) is 12.5. The number of fused-ring (bicyclic) bond motifs is 1. The molecular formula is C16H14FN5O3S. The van der Waals surface area contributed by atoms with E-state index in [-0.39, 0.29) is 23.4 Å². The van der Waals surface area contributed by atoms with Crippen LogP contribution >= 0.6 is 11.3 Å². The summed E-state index contributed by atoms with van der Waals surface area (Å²) >= 11 is 1.28. The van der Waals surface area contributed by atoms with Gasteiger partial charge in [0.2, 0.25) is 11.7 Å². The summed E-state index contributed by atoms with van der Waals surface area (Å²) in [6.07, 6.45) is 2.09. The normalized spacial score (nSPS) is 17.2. The molecule has 3 heterocycles. The third-order valence-electron chi connectivity index (χ3n) is 4.30. The maximum Gasteiger partial charge on any atom is 0.372 e. The van der Waals surface area contributed by atoms with Crippen LogP contribution in [0, 0.1) is 15.9 Å². The van der Waals surface area contributed by atoms with Crippen molar-refractivity contribution in [2.45, 2.75) is 19.0 Å². The molecule has 1 aromatic carbocycles. The largest absolute Gasteiger partial charge is 0.372 e. The minimum Gasteiger partial charge on any atom is -0.358 e. The van der Waals surface area contributed by atoms with Crippen LogP contribution < -0.4 is 5.32 Å². The molecule has 134 valence electrons. The number of nitrogens with zero attached hydrogens (tertiary/aromatic N) is 4. The third kappa shape index (κ3) is 2.88. The Bertz CT molecular complexity index is 984. The number of amides is 1. The van der Waals surface area contributed by atoms with Gasteiger partial charge in [-0.1, -0.05) is 23.5 Å². The molecule has 2 aromatic heterocycles. The van der Waals surface area contributed by atoms with Crippen molar-refractivity contribution in [1.82, 2.24) is 14.3 Å². The Morgan fingerprint density at radius 3 is 2.88 bits per heavy atom. The van der Waals surface area contributed by atoms with Crippen molar-refractivity contribution in [2.24, 2.45) is 0 Å². The first kappa shape index (κ1) is 16.5. The number of likely N-dealkylation sites (tertiary alicyclic amines) is 1. The minimum absolute atomic E-state index is 0.101. The molecule has 26 heavy (non-hydrogen) atoms. The van der Waals surface area contributed by atoms with Gasteiger partial charge in [0.15, 0.2) is 0 Å². The van der Waals surface area contributed by atoms with Crippen LogP contribution in [0.1, 0.15) is 12.0 Å². The third-order valence-corrected chi connectivity index (χ3v) is 5.06. The Kier molecular flexibility index (Phi) is 4.03. The molecule has 8 nitrogen and oxygen atoms in total. The maximum atomic E-state index is 13.0. The van der Waals surface area contributed by atoms with Gasteiger partial charge in [-0.05, 0) is 29.0 Å². The van der Waals surface area contributed by atoms with Gasteiger partial charge in [0.25, 0.3) is 4.96 Å². The van der Waals surface area contributed by atoms with Gasteiger partial charge >= 0.3 is 5.82 Å². The summed E-state index contributed by atoms with van der Waals surface area (Å²) < 4.78 is 14.4. The molecule has 1 atom stereocenters. The standard InChI is InChI=1S/C16H14FN5O3S/c17-11-3-1-10(2-4-11)9-20-6-5-12(15(20)23)18-13-14(22(24)25)21-7-8-26-16(21)19-13/h1-4,7-8,12,18H,5-6,9H2. The average Bonchev–Trinajstić information content (AvgIpc) is 3.27. The van der Waals surface area contributed by atoms with Gasteiger partial charge in [-0.15, -0.1) is 0 Å². The molecule has 0 radical (unpaired) electrons. The van der Waals surface area contributed by atoms with E-state index in [0.717, 1.165) is 5.56 Å². The number of halogens is 1. The molecule has 3 aromatic rings. The molecule has 1 unspecified atom stereocenters. The Morgan fingerprint density at radius 2 is 2.15 bits per heavy atom. The first-order valence-corrected chi connectivity index (χ1v) is 8.80. The molecule has 1 aliphatic heterocycles. The fourth-order valence-electron chi connectivity index (χ4n) is 3.05. The quantitative estimate of drug-likeness (QED) is 0.547. The van der Waals surface area contributed by atoms with Crippen molar-refractivity contribution >= 4 is 33.8 Å². The number of carbonyl (C=O) groups is 1. The fourth-order valence-corrected chi connectivity index (χ4v) is 3.76. The number of hydrogen-bond acceptors (Lipinski definition) is 6. The van der Waals surface area contributed by atoms with E-state index in [1.807, 2.05) is 0 Å². The molecule has 1 amide bonds. The Balaban J connectivity index is 1.50. The second kappa shape index (κ2) is 6.37. The number of thiazole rings is 1. The number of nitrogens with one attached hydrogen (secondary N) is 1. The highest BCUT2D eigenvalue weighted by Gasteiger charge is 2.34. The van der Waals surface area contributed by atoms with Gasteiger partial charge < -0.3 is 20.3 Å². The molecule has 1 saturated heterocycles. The Morgan fingerprint density at radius 1 is 1.38 bits per heavy atom. The van der Waals surface area contributed by atoms with E-state index in [0.29, 0.717) is 24.5 Å². The van der Waals surface area contributed by atoms with Crippen LogP contribution in [0.5, 0.6) is 0 Å². The lowest BCUT2D eigenvalue weighted by Crippen LogP contribution is -2.33. The van der Waals surface area contributed by atoms with E-state index in [1.165, 1.54) is 27.9 Å². The monoisotopic (exact) mass is 375 g/mol. The second-order valence-corrected chi connectivity index (χ2v) is 6.84. The summed E-state index contributed by atoms with van der Waals surface area (Å²) in [5.41, 5.74) is 0.828. The summed E-state index contributed by atoms with van der Waals surface area (Å²) in [4.78, 5) is 29.8. The molecule has 0 bridgehead atoms. The first-order valence-electron chi connectivity index (χ1n) is 7.92. The SMILES string of the molecule is O=C1C(Nc2nc3sccn3c2[N+](=O)[O-])CCN1Cc1ccc(F)cc1. The molecule has 10 heteroatoms. The van der Waals surface area contributed by atoms with E-state index in [2.05, 4.69) is 10.3 Å². The van der Waals surface area contributed by atoms with Gasteiger partial charge in [0.1, 0.15) is 18.1 Å². The van der Waals surface area contributed by atoms with Gasteiger partial charge in [-0.2, -0.15) is 9.38 Å². The lowest BCUT2D eigenvalue weighted by molar-refractivity contribution is -0.389. The number of aromatic nitrogens is 2. The molecule has 0 aliphatic carbocycles. The van der Waals surface area contributed by atoms with Crippen molar-refractivity contribution in [1.29, 1.82) is 0 Å². The zero-order valence-corrected chi connectivity index (χ0v) is 14.3. The smallest absolute Gasteiger partial charge is 0.358 e. The summed E-state index contributed by atoms with van der Waals surface area (Å²) in [6.45, 7) is 0.890. The lowest BCUT2D eigenvalue weighted by Gasteiger charge is -2.17. The number of hydrogen-bond donors (Lipinski definition) is 1. The van der Waals surface area contributed by atoms with Crippen LogP contribution in [0.2, 0.25) is 0 Å². The highest BCUT2D eigenvalue weighted by Crippen LogP contribution is 2.30. The van der Waals surface area contributed by atoms with Crippen molar-refractivity contribution < 1.29 is 14.1 Å². The molecule has 1 aliphatic rings. The van der Waals surface area contributed by atoms with Gasteiger partial charge in [0.05, 0.1) is 0 Å². The summed E-state index contributed by atoms with van der Waals surface area (Å²) in [5.74, 6) is -0.553. The number of benzene rings is 1. The molecule has 4 rings (SSSR count). The average molecular weight is 375 g/mol. The highest BCUT2D eigenvalue weighted by molar-refractivity contribution is 7.15. The minimum atomic E-state index is -0.571. The number of rotatable bonds is 5. The second-order valence-electron chi connectivity index (χ2n) is 5.97. The molecule has 0 spiro atoms. The molecule has 1 fully saturated rings. The van der Waals surface area contributed by atoms with E-state index in [1.54, 1.807) is 28.6 Å². The van der Waals surface area contributed by atoms with Crippen LogP contribution in [-0.4, -0.2) is 37.7 Å². The van der Waals surface area contributed by atoms with Crippen molar-refractivity contribution in [2.75, 3.05) is 11.9 Å². The maximum absolute atomic E-state index is 13.0. The molecule has 0 saturated carbocycles. The van der Waals surface area contributed by atoms with Crippen LogP contribution in [-0.2, 0) is 11.3 Å². The van der Waals surface area contributed by atoms with Gasteiger partial charge in [-0.3, -0.25) is 4.79 Å². The summed E-state index contributed by atoms with van der Waals surface area (Å²) in [7, 11) is 0. The van der Waals surface area contributed by atoms with Crippen LogP contribution in [0.25, 0.3) is 4.96 Å². The zero-order chi connectivity index (χ0) is 18.3. The zero-order valence-electron chi connectivity index (χ0n) is 13.5. The van der Waals surface area contributed by atoms with Crippen LogP contribution in [0.15, 0.2) is 35.8 Å². The van der Waals surface area contributed by atoms with Gasteiger partial charge in [0, 0.05) is 18.5 Å². The van der Waals surface area contributed by atoms with Crippen LogP contribution in [0.3, 0.4) is 0 Å². The number of anilines is 1. The predicted molar refractivity (Wildman–Crippen MR) is 93.6 cm³/mol.